The summed E-state index contributed by atoms with van der Waals surface area (Å²) in [4.78, 5) is 19.0. The summed E-state index contributed by atoms with van der Waals surface area (Å²) in [5.74, 6) is 1.01. The van der Waals surface area contributed by atoms with Gasteiger partial charge in [-0.25, -0.2) is 9.38 Å². The predicted molar refractivity (Wildman–Crippen MR) is 122 cm³/mol. The van der Waals surface area contributed by atoms with Gasteiger partial charge in [0, 0.05) is 19.6 Å². The van der Waals surface area contributed by atoms with Crippen molar-refractivity contribution in [3.8, 4) is 5.75 Å². The molecular weight excluding hydrogens is 411 g/mol. The van der Waals surface area contributed by atoms with Gasteiger partial charge in [0.05, 0.1) is 19.8 Å². The molecule has 0 aliphatic carbocycles. The van der Waals surface area contributed by atoms with Crippen LogP contribution in [-0.2, 0) is 16.1 Å². The highest BCUT2D eigenvalue weighted by atomic mass is 19.1. The number of amides is 1. The Bertz CT molecular complexity index is 902. The molecule has 3 rings (SSSR count). The molecule has 7 nitrogen and oxygen atoms in total. The highest BCUT2D eigenvalue weighted by Crippen LogP contribution is 2.25. The number of nitrogens with zero attached hydrogens (tertiary/aromatic N) is 2. The average Bonchev–Trinajstić information content (AvgIpc) is 2.80. The Morgan fingerprint density at radius 3 is 2.53 bits per heavy atom. The third-order valence-electron chi connectivity index (χ3n) is 5.16. The molecule has 2 N–H and O–H groups in total. The lowest BCUT2D eigenvalue weighted by atomic mass is 10.1. The van der Waals surface area contributed by atoms with E-state index in [4.69, 9.17) is 9.47 Å². The second-order valence-corrected chi connectivity index (χ2v) is 7.69. The molecule has 32 heavy (non-hydrogen) atoms. The monoisotopic (exact) mass is 442 g/mol. The van der Waals surface area contributed by atoms with Gasteiger partial charge in [0.2, 0.25) is 5.91 Å². The molecule has 0 bridgehead atoms. The maximum atomic E-state index is 13.3. The van der Waals surface area contributed by atoms with Crippen LogP contribution in [-0.4, -0.2) is 56.2 Å². The van der Waals surface area contributed by atoms with Gasteiger partial charge in [-0.2, -0.15) is 0 Å². The van der Waals surface area contributed by atoms with E-state index in [1.54, 1.807) is 19.2 Å². The number of guanidine groups is 1. The fraction of sp³-hybridized carbons (Fsp3) is 0.417. The first kappa shape index (κ1) is 23.5. The van der Waals surface area contributed by atoms with Crippen molar-refractivity contribution in [1.82, 2.24) is 15.5 Å². The zero-order valence-corrected chi connectivity index (χ0v) is 18.8. The molecule has 1 saturated heterocycles. The molecule has 172 valence electrons. The number of ether oxygens (including phenoxy) is 2. The molecule has 0 aromatic heterocycles. The second-order valence-electron chi connectivity index (χ2n) is 7.69. The molecule has 2 aromatic carbocycles. The molecule has 0 spiro atoms. The summed E-state index contributed by atoms with van der Waals surface area (Å²) in [5.41, 5.74) is 1.90. The predicted octanol–water partition coefficient (Wildman–Crippen LogP) is 2.88. The largest absolute Gasteiger partial charge is 0.497 e. The summed E-state index contributed by atoms with van der Waals surface area (Å²) in [6.45, 7) is 6.32. The molecule has 1 fully saturated rings. The highest BCUT2D eigenvalue weighted by molar-refractivity contribution is 5.85. The van der Waals surface area contributed by atoms with E-state index in [-0.39, 0.29) is 30.5 Å². The number of hydrogen-bond acceptors (Lipinski definition) is 4. The zero-order valence-electron chi connectivity index (χ0n) is 18.8. The molecule has 1 aliphatic rings. The first-order valence-corrected chi connectivity index (χ1v) is 10.8. The van der Waals surface area contributed by atoms with E-state index < -0.39 is 0 Å². The van der Waals surface area contributed by atoms with E-state index in [2.05, 4.69) is 20.5 Å². The van der Waals surface area contributed by atoms with Crippen molar-refractivity contribution < 1.29 is 18.7 Å². The maximum Gasteiger partial charge on any atom is 0.242 e. The normalized spacial score (nSPS) is 18.9. The van der Waals surface area contributed by atoms with E-state index in [9.17, 15) is 9.18 Å². The van der Waals surface area contributed by atoms with Gasteiger partial charge in [-0.1, -0.05) is 24.3 Å². The summed E-state index contributed by atoms with van der Waals surface area (Å²) >= 11 is 0. The van der Waals surface area contributed by atoms with Crippen LogP contribution in [0.1, 0.15) is 31.1 Å². The van der Waals surface area contributed by atoms with Crippen LogP contribution in [0.25, 0.3) is 0 Å². The number of carbonyl (C=O) groups excluding carboxylic acids is 1. The van der Waals surface area contributed by atoms with Gasteiger partial charge in [-0.3, -0.25) is 4.79 Å². The zero-order chi connectivity index (χ0) is 22.9. The number of halogens is 1. The second kappa shape index (κ2) is 11.5. The van der Waals surface area contributed by atoms with Gasteiger partial charge in [0.1, 0.15) is 24.2 Å². The molecule has 0 saturated carbocycles. The summed E-state index contributed by atoms with van der Waals surface area (Å²) in [7, 11) is 1.62. The number of carbonyl (C=O) groups is 1. The number of hydrogen-bond donors (Lipinski definition) is 2. The van der Waals surface area contributed by atoms with Crippen molar-refractivity contribution in [3.63, 3.8) is 0 Å². The standard InChI is InChI=1S/C24H31FN4O3/c1-4-26-24(28-14-23(30)27-13-18-5-11-21(31-3)12-6-18)29-15-17(2)32-22(16-29)19-7-9-20(25)10-8-19/h5-12,17,22H,4,13-16H2,1-3H3,(H,26,28)(H,27,30). The van der Waals surface area contributed by atoms with Gasteiger partial charge in [-0.05, 0) is 49.2 Å². The molecule has 1 heterocycles. The van der Waals surface area contributed by atoms with Gasteiger partial charge >= 0.3 is 0 Å². The summed E-state index contributed by atoms with van der Waals surface area (Å²) in [5, 5.41) is 6.15. The van der Waals surface area contributed by atoms with Gasteiger partial charge in [-0.15, -0.1) is 0 Å². The lowest BCUT2D eigenvalue weighted by molar-refractivity contribution is -0.119. The van der Waals surface area contributed by atoms with Crippen molar-refractivity contribution >= 4 is 11.9 Å². The molecule has 0 radical (unpaired) electrons. The van der Waals surface area contributed by atoms with Crippen LogP contribution >= 0.6 is 0 Å². The summed E-state index contributed by atoms with van der Waals surface area (Å²) < 4.78 is 24.5. The quantitative estimate of drug-likeness (QED) is 0.510. The summed E-state index contributed by atoms with van der Waals surface area (Å²) in [6, 6.07) is 13.9. The van der Waals surface area contributed by atoms with Crippen LogP contribution in [0.3, 0.4) is 0 Å². The Kier molecular flexibility index (Phi) is 8.44. The Balaban J connectivity index is 1.60. The molecule has 8 heteroatoms. The maximum absolute atomic E-state index is 13.3. The Morgan fingerprint density at radius 1 is 1.16 bits per heavy atom. The third kappa shape index (κ3) is 6.68. The van der Waals surface area contributed by atoms with Gasteiger partial charge < -0.3 is 25.0 Å². The number of aliphatic imine (C=N–C) groups is 1. The minimum absolute atomic E-state index is 0.0193. The van der Waals surface area contributed by atoms with Crippen LogP contribution in [0.15, 0.2) is 53.5 Å². The van der Waals surface area contributed by atoms with Gasteiger partial charge in [0.25, 0.3) is 0 Å². The molecule has 1 amide bonds. The van der Waals surface area contributed by atoms with E-state index >= 15 is 0 Å². The van der Waals surface area contributed by atoms with Crippen molar-refractivity contribution in [3.05, 3.63) is 65.5 Å². The SMILES string of the molecule is CCNC(=NCC(=O)NCc1ccc(OC)cc1)N1CC(C)OC(c2ccc(F)cc2)C1. The Morgan fingerprint density at radius 2 is 1.88 bits per heavy atom. The van der Waals surface area contributed by atoms with Crippen molar-refractivity contribution in [1.29, 1.82) is 0 Å². The molecule has 2 atom stereocenters. The Hall–Kier alpha value is -3.13. The molecule has 1 aliphatic heterocycles. The average molecular weight is 443 g/mol. The van der Waals surface area contributed by atoms with Crippen LogP contribution in [0.4, 0.5) is 4.39 Å². The van der Waals surface area contributed by atoms with E-state index in [0.29, 0.717) is 32.1 Å². The molecular formula is C24H31FN4O3. The minimum atomic E-state index is -0.273. The number of methoxy groups -OCH3 is 1. The number of morpholine rings is 1. The molecule has 2 aromatic rings. The first-order chi connectivity index (χ1) is 15.5. The van der Waals surface area contributed by atoms with Crippen molar-refractivity contribution in [2.45, 2.75) is 32.6 Å². The first-order valence-electron chi connectivity index (χ1n) is 10.8. The third-order valence-corrected chi connectivity index (χ3v) is 5.16. The smallest absolute Gasteiger partial charge is 0.242 e. The van der Waals surface area contributed by atoms with Gasteiger partial charge in [0.15, 0.2) is 5.96 Å². The summed E-state index contributed by atoms with van der Waals surface area (Å²) in [6.07, 6.45) is -0.237. The van der Waals surface area contributed by atoms with E-state index in [0.717, 1.165) is 16.9 Å². The number of nitrogens with one attached hydrogen (secondary N) is 2. The van der Waals surface area contributed by atoms with Crippen LogP contribution in [0.5, 0.6) is 5.75 Å². The fourth-order valence-corrected chi connectivity index (χ4v) is 3.56. The minimum Gasteiger partial charge on any atom is -0.497 e. The van der Waals surface area contributed by atoms with E-state index in [1.165, 1.54) is 12.1 Å². The highest BCUT2D eigenvalue weighted by Gasteiger charge is 2.28. The number of rotatable bonds is 7. The van der Waals surface area contributed by atoms with E-state index in [1.807, 2.05) is 38.1 Å². The Labute approximate surface area is 188 Å². The van der Waals surface area contributed by atoms with Crippen LogP contribution < -0.4 is 15.4 Å². The fourth-order valence-electron chi connectivity index (χ4n) is 3.56. The van der Waals surface area contributed by atoms with Crippen LogP contribution in [0, 0.1) is 5.82 Å². The lowest BCUT2D eigenvalue weighted by Gasteiger charge is -2.38. The molecule has 2 unspecified atom stereocenters. The number of benzene rings is 2. The lowest BCUT2D eigenvalue weighted by Crippen LogP contribution is -2.51. The topological polar surface area (TPSA) is 75.2 Å². The van der Waals surface area contributed by atoms with Crippen molar-refractivity contribution in [2.24, 2.45) is 4.99 Å². The van der Waals surface area contributed by atoms with Crippen LogP contribution in [0.2, 0.25) is 0 Å². The van der Waals surface area contributed by atoms with Crippen molar-refractivity contribution in [2.75, 3.05) is 33.3 Å².